The fourth-order valence-corrected chi connectivity index (χ4v) is 0.206. The van der Waals surface area contributed by atoms with Crippen molar-refractivity contribution in [3.8, 4) is 11.8 Å². The highest BCUT2D eigenvalue weighted by Gasteiger charge is 1.73. The minimum atomic E-state index is 0.447. The summed E-state index contributed by atoms with van der Waals surface area (Å²) in [5, 5.41) is 10.8. The van der Waals surface area contributed by atoms with Crippen molar-refractivity contribution in [2.24, 2.45) is 5.16 Å². The summed E-state index contributed by atoms with van der Waals surface area (Å²) in [4.78, 5) is 0. The fraction of sp³-hybridized carbons (Fsp3) is 0.400. The Morgan fingerprint density at radius 2 is 2.29 bits per heavy atom. The molecule has 0 aromatic rings. The zero-order chi connectivity index (χ0) is 5.70. The van der Waals surface area contributed by atoms with Gasteiger partial charge in [0, 0.05) is 0 Å². The standard InChI is InChI=1S/C5H7NO/c1-3-4-5(2)6-7/h7H,1-2H3/b6-5+. The minimum Gasteiger partial charge on any atom is -0.410 e. The van der Waals surface area contributed by atoms with E-state index in [4.69, 9.17) is 5.21 Å². The molecule has 0 saturated heterocycles. The molecule has 0 amide bonds. The van der Waals surface area contributed by atoms with E-state index >= 15 is 0 Å². The average Bonchev–Trinajstić information content (AvgIpc) is 1.68. The largest absolute Gasteiger partial charge is 0.410 e. The van der Waals surface area contributed by atoms with E-state index in [1.54, 1.807) is 13.8 Å². The Hall–Kier alpha value is -0.970. The Kier molecular flexibility index (Phi) is 2.78. The molecule has 0 rings (SSSR count). The molecule has 0 unspecified atom stereocenters. The van der Waals surface area contributed by atoms with Gasteiger partial charge in [0.15, 0.2) is 0 Å². The Balaban J connectivity index is 3.75. The number of oxime groups is 1. The van der Waals surface area contributed by atoms with Gasteiger partial charge in [-0.05, 0) is 19.8 Å². The summed E-state index contributed by atoms with van der Waals surface area (Å²) in [7, 11) is 0. The number of hydrogen-bond acceptors (Lipinski definition) is 2. The van der Waals surface area contributed by atoms with Crippen LogP contribution in [0.15, 0.2) is 5.16 Å². The van der Waals surface area contributed by atoms with E-state index in [0.717, 1.165) is 0 Å². The van der Waals surface area contributed by atoms with Crippen LogP contribution in [0.5, 0.6) is 0 Å². The summed E-state index contributed by atoms with van der Waals surface area (Å²) >= 11 is 0. The van der Waals surface area contributed by atoms with Gasteiger partial charge in [-0.2, -0.15) is 0 Å². The zero-order valence-electron chi connectivity index (χ0n) is 4.39. The molecule has 0 aliphatic rings. The van der Waals surface area contributed by atoms with Crippen LogP contribution in [0.4, 0.5) is 0 Å². The van der Waals surface area contributed by atoms with E-state index in [2.05, 4.69) is 17.0 Å². The lowest BCUT2D eigenvalue weighted by Gasteiger charge is -1.74. The van der Waals surface area contributed by atoms with Gasteiger partial charge in [-0.3, -0.25) is 0 Å². The molecule has 0 aromatic heterocycles. The molecular weight excluding hydrogens is 90.1 g/mol. The molecule has 1 N–H and O–H groups in total. The van der Waals surface area contributed by atoms with E-state index in [1.807, 2.05) is 0 Å². The summed E-state index contributed by atoms with van der Waals surface area (Å²) in [5.41, 5.74) is 0.447. The van der Waals surface area contributed by atoms with Crippen molar-refractivity contribution in [3.05, 3.63) is 0 Å². The molecule has 0 spiro atoms. The smallest absolute Gasteiger partial charge is 0.126 e. The van der Waals surface area contributed by atoms with Crippen LogP contribution in [-0.2, 0) is 0 Å². The maximum Gasteiger partial charge on any atom is 0.126 e. The molecule has 7 heavy (non-hydrogen) atoms. The molecule has 0 aliphatic heterocycles. The lowest BCUT2D eigenvalue weighted by atomic mass is 10.4. The topological polar surface area (TPSA) is 32.6 Å². The highest BCUT2D eigenvalue weighted by molar-refractivity contribution is 5.97. The Labute approximate surface area is 42.8 Å². The maximum absolute atomic E-state index is 7.95. The van der Waals surface area contributed by atoms with Gasteiger partial charge in [0.1, 0.15) is 5.71 Å². The van der Waals surface area contributed by atoms with Crippen molar-refractivity contribution in [2.75, 3.05) is 0 Å². The summed E-state index contributed by atoms with van der Waals surface area (Å²) in [6.45, 7) is 3.32. The highest BCUT2D eigenvalue weighted by atomic mass is 16.4. The van der Waals surface area contributed by atoms with Crippen molar-refractivity contribution >= 4 is 5.71 Å². The third kappa shape index (κ3) is 2.84. The molecular formula is C5H7NO. The Morgan fingerprint density at radius 1 is 1.71 bits per heavy atom. The average molecular weight is 97.1 g/mol. The zero-order valence-corrected chi connectivity index (χ0v) is 4.39. The third-order valence-electron chi connectivity index (χ3n) is 0.456. The van der Waals surface area contributed by atoms with Crippen LogP contribution in [0.2, 0.25) is 0 Å². The third-order valence-corrected chi connectivity index (χ3v) is 0.456. The second kappa shape index (κ2) is 3.23. The van der Waals surface area contributed by atoms with Gasteiger partial charge in [0.2, 0.25) is 0 Å². The lowest BCUT2D eigenvalue weighted by molar-refractivity contribution is 0.319. The first-order valence-electron chi connectivity index (χ1n) is 1.92. The SMILES string of the molecule is CC#C/C(C)=N/O. The molecule has 2 nitrogen and oxygen atoms in total. The number of hydrogen-bond donors (Lipinski definition) is 1. The molecule has 0 radical (unpaired) electrons. The number of rotatable bonds is 0. The van der Waals surface area contributed by atoms with Crippen LogP contribution in [0.1, 0.15) is 13.8 Å². The van der Waals surface area contributed by atoms with Crippen molar-refractivity contribution < 1.29 is 5.21 Å². The predicted octanol–water partition coefficient (Wildman–Crippen LogP) is 0.860. The normalized spacial score (nSPS) is 9.71. The first-order chi connectivity index (χ1) is 3.31. The lowest BCUT2D eigenvalue weighted by Crippen LogP contribution is -1.81. The second-order valence-corrected chi connectivity index (χ2v) is 1.06. The second-order valence-electron chi connectivity index (χ2n) is 1.06. The van der Waals surface area contributed by atoms with Crippen LogP contribution in [0, 0.1) is 11.8 Å². The summed E-state index contributed by atoms with van der Waals surface area (Å²) < 4.78 is 0. The van der Waals surface area contributed by atoms with Gasteiger partial charge < -0.3 is 5.21 Å². The molecule has 0 heterocycles. The minimum absolute atomic E-state index is 0.447. The van der Waals surface area contributed by atoms with Gasteiger partial charge in [-0.1, -0.05) is 11.1 Å². The van der Waals surface area contributed by atoms with Gasteiger partial charge in [0.05, 0.1) is 0 Å². The van der Waals surface area contributed by atoms with Gasteiger partial charge in [0.25, 0.3) is 0 Å². The molecule has 0 aromatic carbocycles. The van der Waals surface area contributed by atoms with Crippen LogP contribution < -0.4 is 0 Å². The van der Waals surface area contributed by atoms with Gasteiger partial charge >= 0.3 is 0 Å². The predicted molar refractivity (Wildman–Crippen MR) is 28.3 cm³/mol. The monoisotopic (exact) mass is 97.1 g/mol. The van der Waals surface area contributed by atoms with Crippen LogP contribution in [-0.4, -0.2) is 10.9 Å². The quantitative estimate of drug-likeness (QED) is 0.207. The maximum atomic E-state index is 7.95. The first-order valence-corrected chi connectivity index (χ1v) is 1.92. The van der Waals surface area contributed by atoms with Crippen molar-refractivity contribution in [3.63, 3.8) is 0 Å². The first kappa shape index (κ1) is 6.03. The van der Waals surface area contributed by atoms with Crippen LogP contribution in [0.25, 0.3) is 0 Å². The summed E-state index contributed by atoms with van der Waals surface area (Å²) in [6, 6.07) is 0. The van der Waals surface area contributed by atoms with E-state index in [1.165, 1.54) is 0 Å². The van der Waals surface area contributed by atoms with E-state index in [9.17, 15) is 0 Å². The van der Waals surface area contributed by atoms with Gasteiger partial charge in [-0.15, -0.1) is 0 Å². The van der Waals surface area contributed by atoms with E-state index in [-0.39, 0.29) is 0 Å². The van der Waals surface area contributed by atoms with E-state index in [0.29, 0.717) is 5.71 Å². The summed E-state index contributed by atoms with van der Waals surface area (Å²) in [5.74, 6) is 5.12. The molecule has 0 bridgehead atoms. The molecule has 2 heteroatoms. The highest BCUT2D eigenvalue weighted by Crippen LogP contribution is 1.66. The molecule has 0 atom stereocenters. The molecule has 0 aliphatic carbocycles. The summed E-state index contributed by atoms with van der Waals surface area (Å²) in [6.07, 6.45) is 0. The molecule has 0 saturated carbocycles. The van der Waals surface area contributed by atoms with Crippen molar-refractivity contribution in [1.82, 2.24) is 0 Å². The number of nitrogens with zero attached hydrogens (tertiary/aromatic N) is 1. The van der Waals surface area contributed by atoms with Crippen LogP contribution in [0.3, 0.4) is 0 Å². The van der Waals surface area contributed by atoms with E-state index < -0.39 is 0 Å². The van der Waals surface area contributed by atoms with Crippen LogP contribution >= 0.6 is 0 Å². The molecule has 38 valence electrons. The fourth-order valence-electron chi connectivity index (χ4n) is 0.206. The molecule has 0 fully saturated rings. The Bertz CT molecular complexity index is 127. The van der Waals surface area contributed by atoms with Crippen molar-refractivity contribution in [1.29, 1.82) is 0 Å². The Morgan fingerprint density at radius 3 is 2.43 bits per heavy atom. The van der Waals surface area contributed by atoms with Gasteiger partial charge in [-0.25, -0.2) is 0 Å². The van der Waals surface area contributed by atoms with Crippen molar-refractivity contribution in [2.45, 2.75) is 13.8 Å².